The van der Waals surface area contributed by atoms with Crippen molar-refractivity contribution in [2.24, 2.45) is 5.73 Å². The first-order valence-electron chi connectivity index (χ1n) is 8.57. The Hall–Kier alpha value is -3.05. The first kappa shape index (κ1) is 19.3. The third-order valence-corrected chi connectivity index (χ3v) is 5.76. The van der Waals surface area contributed by atoms with Gasteiger partial charge in [0.25, 0.3) is 5.89 Å². The van der Waals surface area contributed by atoms with Crippen LogP contribution in [0.2, 0.25) is 0 Å². The maximum atomic E-state index is 13.1. The van der Waals surface area contributed by atoms with Crippen LogP contribution in [-0.2, 0) is 17.1 Å². The number of carbonyl (C=O) groups is 1. The fourth-order valence-electron chi connectivity index (χ4n) is 2.56. The summed E-state index contributed by atoms with van der Waals surface area (Å²) < 4.78 is 20.2. The molecule has 11 heteroatoms. The highest BCUT2D eigenvalue weighted by molar-refractivity contribution is 7.98. The van der Waals surface area contributed by atoms with E-state index in [0.717, 1.165) is 4.88 Å². The summed E-state index contributed by atoms with van der Waals surface area (Å²) in [6.45, 7) is 0.380. The monoisotopic (exact) mass is 430 g/mol. The molecule has 0 unspecified atom stereocenters. The molecule has 0 aliphatic carbocycles. The number of nitrogens with zero attached hydrogens (tertiary/aromatic N) is 5. The second-order valence-electron chi connectivity index (χ2n) is 5.96. The van der Waals surface area contributed by atoms with Crippen LogP contribution in [0.5, 0.6) is 0 Å². The van der Waals surface area contributed by atoms with Crippen molar-refractivity contribution in [3.8, 4) is 22.2 Å². The van der Waals surface area contributed by atoms with Gasteiger partial charge >= 0.3 is 0 Å². The molecular formula is C18H15FN6O2S2. The first-order chi connectivity index (χ1) is 14.1. The third kappa shape index (κ3) is 4.51. The summed E-state index contributed by atoms with van der Waals surface area (Å²) in [4.78, 5) is 16.5. The van der Waals surface area contributed by atoms with Crippen LogP contribution in [0.3, 0.4) is 0 Å². The van der Waals surface area contributed by atoms with Crippen molar-refractivity contribution in [1.29, 1.82) is 0 Å². The number of benzene rings is 1. The average Bonchev–Trinajstić information content (AvgIpc) is 3.45. The molecule has 1 amide bonds. The van der Waals surface area contributed by atoms with E-state index in [1.54, 1.807) is 12.1 Å². The van der Waals surface area contributed by atoms with Crippen LogP contribution in [0.4, 0.5) is 4.39 Å². The van der Waals surface area contributed by atoms with E-state index in [2.05, 4.69) is 20.3 Å². The highest BCUT2D eigenvalue weighted by Crippen LogP contribution is 2.29. The van der Waals surface area contributed by atoms with Gasteiger partial charge < -0.3 is 14.8 Å². The van der Waals surface area contributed by atoms with Crippen LogP contribution in [0.25, 0.3) is 22.2 Å². The molecule has 0 spiro atoms. The SMILES string of the molecule is NC(=O)CCn1c(SCc2noc(-c3ccc(F)cc3)n2)nnc1-c1cccs1. The van der Waals surface area contributed by atoms with Gasteiger partial charge in [0.15, 0.2) is 16.8 Å². The minimum atomic E-state index is -0.395. The zero-order chi connectivity index (χ0) is 20.2. The van der Waals surface area contributed by atoms with Gasteiger partial charge in [0, 0.05) is 18.5 Å². The summed E-state index contributed by atoms with van der Waals surface area (Å²) >= 11 is 2.92. The number of amides is 1. The molecule has 0 bridgehead atoms. The Morgan fingerprint density at radius 3 is 2.79 bits per heavy atom. The number of hydrogen-bond donors (Lipinski definition) is 1. The van der Waals surface area contributed by atoms with Gasteiger partial charge in [-0.05, 0) is 35.7 Å². The maximum Gasteiger partial charge on any atom is 0.257 e. The molecule has 148 valence electrons. The van der Waals surface area contributed by atoms with Crippen molar-refractivity contribution in [2.45, 2.75) is 23.9 Å². The molecule has 0 atom stereocenters. The van der Waals surface area contributed by atoms with E-state index < -0.39 is 5.91 Å². The van der Waals surface area contributed by atoms with Crippen molar-refractivity contribution < 1.29 is 13.7 Å². The fraction of sp³-hybridized carbons (Fsp3) is 0.167. The van der Waals surface area contributed by atoms with Gasteiger partial charge in [-0.3, -0.25) is 4.79 Å². The van der Waals surface area contributed by atoms with Crippen molar-refractivity contribution in [3.05, 3.63) is 53.4 Å². The summed E-state index contributed by atoms with van der Waals surface area (Å²) in [6, 6.07) is 9.69. The molecule has 0 radical (unpaired) electrons. The smallest absolute Gasteiger partial charge is 0.257 e. The number of aromatic nitrogens is 5. The molecule has 0 aliphatic rings. The van der Waals surface area contributed by atoms with Gasteiger partial charge in [0.05, 0.1) is 10.6 Å². The molecule has 3 heterocycles. The molecular weight excluding hydrogens is 415 g/mol. The fourth-order valence-corrected chi connectivity index (χ4v) is 4.08. The lowest BCUT2D eigenvalue weighted by molar-refractivity contribution is -0.118. The second-order valence-corrected chi connectivity index (χ2v) is 7.85. The predicted molar refractivity (Wildman–Crippen MR) is 106 cm³/mol. The molecule has 4 aromatic rings. The van der Waals surface area contributed by atoms with E-state index in [0.29, 0.717) is 40.6 Å². The number of halogens is 1. The largest absolute Gasteiger partial charge is 0.370 e. The van der Waals surface area contributed by atoms with Crippen molar-refractivity contribution >= 4 is 29.0 Å². The van der Waals surface area contributed by atoms with Crippen LogP contribution in [0.15, 0.2) is 51.5 Å². The second kappa shape index (κ2) is 8.53. The third-order valence-electron chi connectivity index (χ3n) is 3.93. The van der Waals surface area contributed by atoms with E-state index in [1.807, 2.05) is 22.1 Å². The summed E-state index contributed by atoms with van der Waals surface area (Å²) in [5.74, 6) is 1.13. The summed E-state index contributed by atoms with van der Waals surface area (Å²) in [7, 11) is 0. The van der Waals surface area contributed by atoms with Crippen LogP contribution in [0, 0.1) is 5.82 Å². The van der Waals surface area contributed by atoms with Crippen molar-refractivity contribution in [2.75, 3.05) is 0 Å². The topological polar surface area (TPSA) is 113 Å². The van der Waals surface area contributed by atoms with Crippen LogP contribution in [0.1, 0.15) is 12.2 Å². The number of rotatable bonds is 8. The van der Waals surface area contributed by atoms with E-state index in [1.165, 1.54) is 35.2 Å². The van der Waals surface area contributed by atoms with E-state index in [-0.39, 0.29) is 12.2 Å². The lowest BCUT2D eigenvalue weighted by atomic mass is 10.2. The highest BCUT2D eigenvalue weighted by atomic mass is 32.2. The lowest BCUT2D eigenvalue weighted by Gasteiger charge is -2.07. The summed E-state index contributed by atoms with van der Waals surface area (Å²) in [5.41, 5.74) is 5.95. The molecule has 0 saturated carbocycles. The van der Waals surface area contributed by atoms with Crippen molar-refractivity contribution in [3.63, 3.8) is 0 Å². The summed E-state index contributed by atoms with van der Waals surface area (Å²) in [6.07, 6.45) is 0.181. The molecule has 29 heavy (non-hydrogen) atoms. The Kier molecular flexibility index (Phi) is 5.67. The minimum absolute atomic E-state index is 0.181. The zero-order valence-electron chi connectivity index (χ0n) is 15.0. The van der Waals surface area contributed by atoms with Gasteiger partial charge in [0.1, 0.15) is 5.82 Å². The van der Waals surface area contributed by atoms with E-state index in [4.69, 9.17) is 10.3 Å². The highest BCUT2D eigenvalue weighted by Gasteiger charge is 2.17. The molecule has 1 aromatic carbocycles. The number of carbonyl (C=O) groups excluding carboxylic acids is 1. The minimum Gasteiger partial charge on any atom is -0.370 e. The summed E-state index contributed by atoms with van der Waals surface area (Å²) in [5, 5.41) is 15.0. The molecule has 2 N–H and O–H groups in total. The van der Waals surface area contributed by atoms with Gasteiger partial charge in [-0.25, -0.2) is 4.39 Å². The average molecular weight is 430 g/mol. The normalized spacial score (nSPS) is 11.1. The molecule has 0 saturated heterocycles. The molecule has 0 fully saturated rings. The maximum absolute atomic E-state index is 13.1. The number of thiophene rings is 1. The molecule has 3 aromatic heterocycles. The number of primary amides is 1. The van der Waals surface area contributed by atoms with Crippen LogP contribution < -0.4 is 5.73 Å². The van der Waals surface area contributed by atoms with Crippen LogP contribution in [-0.4, -0.2) is 30.8 Å². The zero-order valence-corrected chi connectivity index (χ0v) is 16.6. The standard InChI is InChI=1S/C18H15FN6O2S2/c19-12-5-3-11(4-6-12)17-21-15(24-27-17)10-29-18-23-22-16(13-2-1-9-28-13)25(18)8-7-14(20)26/h1-6,9H,7-8,10H2,(H2,20,26). The van der Waals surface area contributed by atoms with Gasteiger partial charge in [0.2, 0.25) is 5.91 Å². The number of hydrogen-bond acceptors (Lipinski definition) is 8. The Balaban J connectivity index is 1.51. The quantitative estimate of drug-likeness (QED) is 0.426. The Bertz CT molecular complexity index is 1110. The van der Waals surface area contributed by atoms with Gasteiger partial charge in [-0.1, -0.05) is 23.0 Å². The molecule has 0 aliphatic heterocycles. The van der Waals surface area contributed by atoms with Crippen molar-refractivity contribution in [1.82, 2.24) is 24.9 Å². The van der Waals surface area contributed by atoms with E-state index in [9.17, 15) is 9.18 Å². The Morgan fingerprint density at radius 1 is 1.24 bits per heavy atom. The Morgan fingerprint density at radius 2 is 2.07 bits per heavy atom. The predicted octanol–water partition coefficient (Wildman–Crippen LogP) is 3.36. The number of thioether (sulfide) groups is 1. The molecule has 4 rings (SSSR count). The van der Waals surface area contributed by atoms with Gasteiger partial charge in [-0.15, -0.1) is 21.5 Å². The lowest BCUT2D eigenvalue weighted by Crippen LogP contribution is -2.14. The number of nitrogens with two attached hydrogens (primary N) is 1. The van der Waals surface area contributed by atoms with Crippen LogP contribution >= 0.6 is 23.1 Å². The molecule has 8 nitrogen and oxygen atoms in total. The van der Waals surface area contributed by atoms with Gasteiger partial charge in [-0.2, -0.15) is 4.98 Å². The van der Waals surface area contributed by atoms with E-state index >= 15 is 0 Å². The Labute approximate surface area is 173 Å². The first-order valence-corrected chi connectivity index (χ1v) is 10.4.